The molecular weight excluding hydrogens is 224 g/mol. The second-order valence-electron chi connectivity index (χ2n) is 3.84. The van der Waals surface area contributed by atoms with Crippen LogP contribution in [0.4, 0.5) is 0 Å². The van der Waals surface area contributed by atoms with E-state index in [1.807, 2.05) is 31.2 Å². The zero-order valence-corrected chi connectivity index (χ0v) is 10.4. The van der Waals surface area contributed by atoms with Gasteiger partial charge < -0.3 is 10.6 Å². The maximum atomic E-state index is 11.7. The van der Waals surface area contributed by atoms with Crippen LogP contribution in [-0.4, -0.2) is 23.9 Å². The minimum Gasteiger partial charge on any atom is -0.340 e. The number of nitrogens with two attached hydrogens (primary N) is 1. The lowest BCUT2D eigenvalue weighted by Crippen LogP contribution is -2.40. The van der Waals surface area contributed by atoms with Gasteiger partial charge in [-0.05, 0) is 24.1 Å². The highest BCUT2D eigenvalue weighted by Crippen LogP contribution is 2.11. The first kappa shape index (κ1) is 13.0. The lowest BCUT2D eigenvalue weighted by molar-refractivity contribution is -0.131. The second-order valence-corrected chi connectivity index (χ2v) is 4.27. The molecule has 0 saturated heterocycles. The van der Waals surface area contributed by atoms with E-state index in [4.69, 9.17) is 17.3 Å². The summed E-state index contributed by atoms with van der Waals surface area (Å²) in [5.41, 5.74) is 6.73. The largest absolute Gasteiger partial charge is 0.340 e. The number of amides is 1. The first-order chi connectivity index (χ1) is 7.54. The van der Waals surface area contributed by atoms with Crippen LogP contribution in [0, 0.1) is 0 Å². The van der Waals surface area contributed by atoms with Crippen molar-refractivity contribution in [1.29, 1.82) is 0 Å². The zero-order chi connectivity index (χ0) is 12.1. The molecule has 0 radical (unpaired) electrons. The fraction of sp³-hybridized carbons (Fsp3) is 0.417. The molecule has 2 N–H and O–H groups in total. The van der Waals surface area contributed by atoms with E-state index >= 15 is 0 Å². The Morgan fingerprint density at radius 3 is 2.50 bits per heavy atom. The van der Waals surface area contributed by atoms with Crippen molar-refractivity contribution in [2.24, 2.45) is 5.73 Å². The molecule has 0 fully saturated rings. The minimum absolute atomic E-state index is 0.0301. The fourth-order valence-electron chi connectivity index (χ4n) is 1.40. The third-order valence-corrected chi connectivity index (χ3v) is 2.72. The predicted molar refractivity (Wildman–Crippen MR) is 66.2 cm³/mol. The van der Waals surface area contributed by atoms with Crippen molar-refractivity contribution >= 4 is 17.5 Å². The first-order valence-electron chi connectivity index (χ1n) is 5.29. The number of rotatable bonds is 4. The molecule has 1 aromatic rings. The molecule has 0 heterocycles. The molecule has 1 atom stereocenters. The number of hydrogen-bond acceptors (Lipinski definition) is 2. The Bertz CT molecular complexity index is 351. The summed E-state index contributed by atoms with van der Waals surface area (Å²) in [6.07, 6.45) is 0.657. The number of benzene rings is 1. The molecule has 1 aromatic carbocycles. The first-order valence-corrected chi connectivity index (χ1v) is 5.67. The van der Waals surface area contributed by atoms with E-state index in [1.165, 1.54) is 0 Å². The van der Waals surface area contributed by atoms with Crippen molar-refractivity contribution in [2.45, 2.75) is 25.9 Å². The van der Waals surface area contributed by atoms with E-state index in [9.17, 15) is 4.79 Å². The molecule has 0 aromatic heterocycles. The smallest absolute Gasteiger partial charge is 0.239 e. The molecule has 16 heavy (non-hydrogen) atoms. The van der Waals surface area contributed by atoms with E-state index in [-0.39, 0.29) is 5.91 Å². The summed E-state index contributed by atoms with van der Waals surface area (Å²) in [7, 11) is 1.76. The molecule has 3 nitrogen and oxygen atoms in total. The van der Waals surface area contributed by atoms with Crippen LogP contribution >= 0.6 is 11.6 Å². The Kier molecular flexibility index (Phi) is 4.77. The van der Waals surface area contributed by atoms with Gasteiger partial charge in [-0.25, -0.2) is 0 Å². The summed E-state index contributed by atoms with van der Waals surface area (Å²) in [5.74, 6) is -0.0301. The van der Waals surface area contributed by atoms with Crippen LogP contribution in [0.1, 0.15) is 18.9 Å². The highest BCUT2D eigenvalue weighted by Gasteiger charge is 2.15. The summed E-state index contributed by atoms with van der Waals surface area (Å²) in [6, 6.07) is 7.04. The molecule has 0 aliphatic rings. The molecule has 0 spiro atoms. The van der Waals surface area contributed by atoms with Crippen LogP contribution in [0.15, 0.2) is 24.3 Å². The monoisotopic (exact) mass is 240 g/mol. The van der Waals surface area contributed by atoms with Crippen LogP contribution in [0.5, 0.6) is 0 Å². The summed E-state index contributed by atoms with van der Waals surface area (Å²) in [6.45, 7) is 2.46. The molecule has 0 unspecified atom stereocenters. The summed E-state index contributed by atoms with van der Waals surface area (Å²) in [5, 5.41) is 0.697. The van der Waals surface area contributed by atoms with Gasteiger partial charge in [0.15, 0.2) is 0 Å². The van der Waals surface area contributed by atoms with Gasteiger partial charge in [0.2, 0.25) is 5.91 Å². The molecule has 1 rings (SSSR count). The molecule has 0 bridgehead atoms. The van der Waals surface area contributed by atoms with Gasteiger partial charge in [0.1, 0.15) is 0 Å². The Morgan fingerprint density at radius 2 is 2.00 bits per heavy atom. The lowest BCUT2D eigenvalue weighted by Gasteiger charge is -2.20. The Morgan fingerprint density at radius 1 is 1.44 bits per heavy atom. The molecule has 4 heteroatoms. The van der Waals surface area contributed by atoms with Crippen LogP contribution < -0.4 is 5.73 Å². The Balaban J connectivity index is 2.60. The number of hydrogen-bond donors (Lipinski definition) is 1. The van der Waals surface area contributed by atoms with Crippen LogP contribution in [0.3, 0.4) is 0 Å². The maximum absolute atomic E-state index is 11.7. The SMILES string of the molecule is CC[C@@H](N)C(=O)N(C)Cc1ccc(Cl)cc1. The molecule has 0 aliphatic carbocycles. The van der Waals surface area contributed by atoms with Crippen molar-refractivity contribution in [2.75, 3.05) is 7.05 Å². The van der Waals surface area contributed by atoms with Crippen LogP contribution in [0.2, 0.25) is 5.02 Å². The fourth-order valence-corrected chi connectivity index (χ4v) is 1.53. The molecule has 1 amide bonds. The highest BCUT2D eigenvalue weighted by molar-refractivity contribution is 6.30. The topological polar surface area (TPSA) is 46.3 Å². The summed E-state index contributed by atoms with van der Waals surface area (Å²) in [4.78, 5) is 13.4. The average molecular weight is 241 g/mol. The van der Waals surface area contributed by atoms with Crippen molar-refractivity contribution in [3.8, 4) is 0 Å². The lowest BCUT2D eigenvalue weighted by atomic mass is 10.2. The van der Waals surface area contributed by atoms with Gasteiger partial charge in [-0.15, -0.1) is 0 Å². The molecular formula is C12H17ClN2O. The highest BCUT2D eigenvalue weighted by atomic mass is 35.5. The van der Waals surface area contributed by atoms with Gasteiger partial charge in [0.25, 0.3) is 0 Å². The third-order valence-electron chi connectivity index (χ3n) is 2.47. The van der Waals surface area contributed by atoms with Crippen molar-refractivity contribution < 1.29 is 4.79 Å². The average Bonchev–Trinajstić information content (AvgIpc) is 2.30. The van der Waals surface area contributed by atoms with E-state index in [1.54, 1.807) is 11.9 Å². The Hall–Kier alpha value is -1.06. The number of carbonyl (C=O) groups excluding carboxylic acids is 1. The minimum atomic E-state index is -0.405. The van der Waals surface area contributed by atoms with Crippen molar-refractivity contribution in [3.63, 3.8) is 0 Å². The number of nitrogens with zero attached hydrogens (tertiary/aromatic N) is 1. The van der Waals surface area contributed by atoms with Gasteiger partial charge in [-0.1, -0.05) is 30.7 Å². The molecule has 0 saturated carbocycles. The van der Waals surface area contributed by atoms with E-state index in [0.717, 1.165) is 5.56 Å². The Labute approximate surface area is 101 Å². The quantitative estimate of drug-likeness (QED) is 0.876. The van der Waals surface area contributed by atoms with Crippen molar-refractivity contribution in [1.82, 2.24) is 4.90 Å². The molecule has 0 aliphatic heterocycles. The predicted octanol–water partition coefficient (Wildman–Crippen LogP) is 2.04. The second kappa shape index (κ2) is 5.87. The van der Waals surface area contributed by atoms with Gasteiger partial charge in [-0.3, -0.25) is 4.79 Å². The maximum Gasteiger partial charge on any atom is 0.239 e. The number of likely N-dealkylation sites (N-methyl/N-ethyl adjacent to an activating group) is 1. The van der Waals surface area contributed by atoms with Gasteiger partial charge in [0.05, 0.1) is 6.04 Å². The van der Waals surface area contributed by atoms with E-state index < -0.39 is 6.04 Å². The normalized spacial score (nSPS) is 12.2. The zero-order valence-electron chi connectivity index (χ0n) is 9.61. The van der Waals surface area contributed by atoms with Gasteiger partial charge in [0, 0.05) is 18.6 Å². The summed E-state index contributed by atoms with van der Waals surface area (Å²) >= 11 is 5.78. The van der Waals surface area contributed by atoms with Gasteiger partial charge >= 0.3 is 0 Å². The third kappa shape index (κ3) is 3.51. The number of halogens is 1. The summed E-state index contributed by atoms with van der Waals surface area (Å²) < 4.78 is 0. The van der Waals surface area contributed by atoms with E-state index in [2.05, 4.69) is 0 Å². The van der Waals surface area contributed by atoms with Crippen LogP contribution in [0.25, 0.3) is 0 Å². The molecule has 88 valence electrons. The van der Waals surface area contributed by atoms with Crippen LogP contribution in [-0.2, 0) is 11.3 Å². The standard InChI is InChI=1S/C12H17ClN2O/c1-3-11(14)12(16)15(2)8-9-4-6-10(13)7-5-9/h4-7,11H,3,8,14H2,1-2H3/t11-/m1/s1. The van der Waals surface area contributed by atoms with E-state index in [0.29, 0.717) is 18.0 Å². The number of carbonyl (C=O) groups is 1. The van der Waals surface area contributed by atoms with Gasteiger partial charge in [-0.2, -0.15) is 0 Å². The van der Waals surface area contributed by atoms with Crippen molar-refractivity contribution in [3.05, 3.63) is 34.9 Å².